The minimum atomic E-state index is -1.20. The molecular weight excluding hydrogens is 206 g/mol. The zero-order valence-electron chi connectivity index (χ0n) is 11.2. The highest BCUT2D eigenvalue weighted by atomic mass is 28.4. The lowest BCUT2D eigenvalue weighted by atomic mass is 10.4. The van der Waals surface area contributed by atoms with Crippen molar-refractivity contribution in [2.75, 3.05) is 13.7 Å². The quantitative estimate of drug-likeness (QED) is 0.665. The van der Waals surface area contributed by atoms with E-state index in [1.165, 1.54) is 3.81 Å². The molecule has 86 valence electrons. The Kier molecular flexibility index (Phi) is 5.04. The summed E-state index contributed by atoms with van der Waals surface area (Å²) in [5.41, 5.74) is 0. The van der Waals surface area contributed by atoms with Crippen LogP contribution in [0, 0.1) is 0 Å². The summed E-state index contributed by atoms with van der Waals surface area (Å²) in [4.78, 5) is 0. The molecule has 0 aromatic carbocycles. The molecule has 0 amide bonds. The van der Waals surface area contributed by atoms with E-state index in [0.717, 1.165) is 6.61 Å². The second kappa shape index (κ2) is 4.92. The van der Waals surface area contributed by atoms with Gasteiger partial charge in [0.2, 0.25) is 0 Å². The van der Waals surface area contributed by atoms with Crippen molar-refractivity contribution in [2.24, 2.45) is 0 Å². The van der Waals surface area contributed by atoms with Crippen molar-refractivity contribution in [1.29, 1.82) is 0 Å². The average Bonchev–Trinajstić information content (AvgIpc) is 2.00. The molecule has 14 heavy (non-hydrogen) atoms. The minimum Gasteiger partial charge on any atom is -0.426 e. The van der Waals surface area contributed by atoms with E-state index in [-0.39, 0.29) is 0 Å². The number of quaternary nitrogens is 1. The minimum absolute atomic E-state index is 0.690. The van der Waals surface area contributed by atoms with Gasteiger partial charge in [-0.2, -0.15) is 0 Å². The molecule has 0 aromatic rings. The van der Waals surface area contributed by atoms with Crippen molar-refractivity contribution in [3.63, 3.8) is 0 Å². The molecule has 0 aliphatic heterocycles. The Balaban J connectivity index is 4.91. The number of rotatable bonds is 5. The number of hydrogen-bond donors (Lipinski definition) is 0. The Bertz CT molecular complexity index is 179. The van der Waals surface area contributed by atoms with Crippen LogP contribution in [0.15, 0.2) is 0 Å². The lowest BCUT2D eigenvalue weighted by Gasteiger charge is -2.52. The summed E-state index contributed by atoms with van der Waals surface area (Å²) in [6, 6.07) is 0.690. The number of hydrogen-bond acceptors (Lipinski definition) is 1. The normalized spacial score (nSPS) is 19.5. The molecule has 2 atom stereocenters. The summed E-state index contributed by atoms with van der Waals surface area (Å²) >= 11 is 0. The molecule has 0 aromatic heterocycles. The molecule has 0 saturated carbocycles. The van der Waals surface area contributed by atoms with Gasteiger partial charge in [0, 0.05) is 20.2 Å². The van der Waals surface area contributed by atoms with E-state index in [0.29, 0.717) is 6.04 Å². The van der Waals surface area contributed by atoms with Crippen molar-refractivity contribution in [2.45, 2.75) is 53.0 Å². The summed E-state index contributed by atoms with van der Waals surface area (Å²) in [6.07, 6.45) is 0. The van der Waals surface area contributed by atoms with Crippen molar-refractivity contribution in [1.82, 2.24) is 0 Å². The third-order valence-corrected chi connectivity index (χ3v) is 13.4. The highest BCUT2D eigenvalue weighted by Gasteiger charge is 2.46. The Labute approximate surface area is 92.7 Å². The van der Waals surface area contributed by atoms with Crippen molar-refractivity contribution in [3.8, 4) is 0 Å². The van der Waals surface area contributed by atoms with E-state index >= 15 is 0 Å². The first-order chi connectivity index (χ1) is 6.17. The Morgan fingerprint density at radius 2 is 1.71 bits per heavy atom. The Morgan fingerprint density at radius 1 is 1.29 bits per heavy atom. The van der Waals surface area contributed by atoms with Gasteiger partial charge < -0.3 is 8.24 Å². The molecule has 0 heterocycles. The molecule has 0 aliphatic rings. The van der Waals surface area contributed by atoms with Crippen LogP contribution in [-0.4, -0.2) is 40.9 Å². The van der Waals surface area contributed by atoms with Crippen LogP contribution in [0.2, 0.25) is 26.2 Å². The maximum absolute atomic E-state index is 5.94. The van der Waals surface area contributed by atoms with Gasteiger partial charge in [-0.15, -0.1) is 0 Å². The summed E-state index contributed by atoms with van der Waals surface area (Å²) in [6.45, 7) is 17.4. The average molecular weight is 235 g/mol. The van der Waals surface area contributed by atoms with E-state index in [2.05, 4.69) is 54.0 Å². The zero-order valence-corrected chi connectivity index (χ0v) is 13.4. The fraction of sp³-hybridized carbons (Fsp3) is 1.00. The molecule has 0 spiro atoms. The van der Waals surface area contributed by atoms with Crippen molar-refractivity contribution >= 4 is 17.4 Å². The molecule has 0 bridgehead atoms. The predicted molar refractivity (Wildman–Crippen MR) is 69.3 cm³/mol. The first kappa shape index (κ1) is 14.4. The first-order valence-corrected chi connectivity index (χ1v) is 11.2. The van der Waals surface area contributed by atoms with Crippen LogP contribution in [0.25, 0.3) is 0 Å². The summed E-state index contributed by atoms with van der Waals surface area (Å²) < 4.78 is 7.16. The SMILES string of the molecule is CCO[SiH](C)[N+](C)(C(C)C)[Si](C)(C)C. The van der Waals surface area contributed by atoms with Crippen molar-refractivity contribution < 1.29 is 8.24 Å². The van der Waals surface area contributed by atoms with E-state index in [1.54, 1.807) is 0 Å². The second-order valence-corrected chi connectivity index (χ2v) is 13.9. The second-order valence-electron chi connectivity index (χ2n) is 5.47. The molecule has 0 N–H and O–H groups in total. The summed E-state index contributed by atoms with van der Waals surface area (Å²) in [5, 5.41) is 0. The Hall–Kier alpha value is 0.354. The van der Waals surface area contributed by atoms with Crippen LogP contribution in [0.1, 0.15) is 20.8 Å². The van der Waals surface area contributed by atoms with Gasteiger partial charge in [-0.25, -0.2) is 0 Å². The lowest BCUT2D eigenvalue weighted by molar-refractivity contribution is -0.735. The van der Waals surface area contributed by atoms with E-state index < -0.39 is 17.4 Å². The fourth-order valence-corrected chi connectivity index (χ4v) is 9.90. The van der Waals surface area contributed by atoms with Crippen molar-refractivity contribution in [3.05, 3.63) is 0 Å². The van der Waals surface area contributed by atoms with Gasteiger partial charge in [0.05, 0.1) is 6.04 Å². The third kappa shape index (κ3) is 2.69. The largest absolute Gasteiger partial charge is 0.426 e. The monoisotopic (exact) mass is 234 g/mol. The van der Waals surface area contributed by atoms with Crippen LogP contribution >= 0.6 is 0 Å². The number of nitrogens with zero attached hydrogens (tertiary/aromatic N) is 1. The van der Waals surface area contributed by atoms with Gasteiger partial charge >= 0.3 is 9.20 Å². The highest BCUT2D eigenvalue weighted by molar-refractivity contribution is 6.74. The predicted octanol–water partition coefficient (Wildman–Crippen LogP) is 2.56. The maximum atomic E-state index is 5.94. The topological polar surface area (TPSA) is 9.23 Å². The van der Waals surface area contributed by atoms with Gasteiger partial charge in [0.25, 0.3) is 8.24 Å². The molecule has 0 saturated heterocycles. The molecule has 2 nitrogen and oxygen atoms in total. The third-order valence-electron chi connectivity index (χ3n) is 3.68. The van der Waals surface area contributed by atoms with E-state index in [4.69, 9.17) is 4.43 Å². The van der Waals surface area contributed by atoms with E-state index in [1.807, 2.05) is 0 Å². The molecule has 4 heteroatoms. The molecule has 2 unspecified atom stereocenters. The van der Waals surface area contributed by atoms with Gasteiger partial charge in [0.15, 0.2) is 0 Å². The molecular formula is C10H28NOSi2+. The van der Waals surface area contributed by atoms with Gasteiger partial charge in [-0.05, 0) is 40.4 Å². The fourth-order valence-electron chi connectivity index (χ4n) is 2.14. The van der Waals surface area contributed by atoms with E-state index in [9.17, 15) is 0 Å². The zero-order chi connectivity index (χ0) is 11.6. The van der Waals surface area contributed by atoms with Crippen LogP contribution in [0.3, 0.4) is 0 Å². The molecule has 0 fully saturated rings. The molecule has 0 rings (SSSR count). The van der Waals surface area contributed by atoms with Crippen LogP contribution in [0.5, 0.6) is 0 Å². The van der Waals surface area contributed by atoms with Crippen LogP contribution in [-0.2, 0) is 4.43 Å². The van der Waals surface area contributed by atoms with Gasteiger partial charge in [-0.1, -0.05) is 0 Å². The van der Waals surface area contributed by atoms with Crippen LogP contribution < -0.4 is 0 Å². The first-order valence-electron chi connectivity index (χ1n) is 5.65. The standard InChI is InChI=1S/C10H28NOSi2/c1-9-12-13(5)11(4,10(2)3)14(6,7)8/h10,13H,9H2,1-8H3/q+1. The Morgan fingerprint density at radius 3 is 1.93 bits per heavy atom. The maximum Gasteiger partial charge on any atom is 0.401 e. The lowest BCUT2D eigenvalue weighted by Crippen LogP contribution is -2.71. The molecule has 0 radical (unpaired) electrons. The smallest absolute Gasteiger partial charge is 0.401 e. The van der Waals surface area contributed by atoms with Crippen LogP contribution in [0.4, 0.5) is 0 Å². The summed E-state index contributed by atoms with van der Waals surface area (Å²) in [7, 11) is 0.0904. The molecule has 0 aliphatic carbocycles. The summed E-state index contributed by atoms with van der Waals surface area (Å²) in [5.74, 6) is 0. The van der Waals surface area contributed by atoms with Gasteiger partial charge in [0.1, 0.15) is 0 Å². The highest BCUT2D eigenvalue weighted by Crippen LogP contribution is 2.25. The van der Waals surface area contributed by atoms with Gasteiger partial charge in [-0.3, -0.25) is 0 Å².